The van der Waals surface area contributed by atoms with Crippen molar-refractivity contribution in [3.05, 3.63) is 58.5 Å². The van der Waals surface area contributed by atoms with E-state index >= 15 is 0 Å². The Balaban J connectivity index is 2.33. The average molecular weight is 367 g/mol. The van der Waals surface area contributed by atoms with Crippen molar-refractivity contribution < 1.29 is 10.2 Å². The Morgan fingerprint density at radius 2 is 2.15 bits per heavy atom. The number of rotatable bonds is 6. The summed E-state index contributed by atoms with van der Waals surface area (Å²) in [5.41, 5.74) is 6.99. The number of nitrogens with zero attached hydrogens (tertiary/aromatic N) is 4. The van der Waals surface area contributed by atoms with Crippen LogP contribution in [0.4, 0.5) is 0 Å². The van der Waals surface area contributed by atoms with Crippen molar-refractivity contribution in [2.75, 3.05) is 19.8 Å². The quantitative estimate of drug-likeness (QED) is 0.517. The zero-order chi connectivity index (χ0) is 19.2. The number of fused-ring (bicyclic) bond motifs is 1. The van der Waals surface area contributed by atoms with Crippen LogP contribution in [0.5, 0.6) is 0 Å². The van der Waals surface area contributed by atoms with E-state index in [1.54, 1.807) is 46.4 Å². The highest BCUT2D eigenvalue weighted by molar-refractivity contribution is 5.77. The first-order chi connectivity index (χ1) is 13.2. The van der Waals surface area contributed by atoms with Gasteiger partial charge in [0.05, 0.1) is 23.3 Å². The van der Waals surface area contributed by atoms with Gasteiger partial charge in [0.1, 0.15) is 6.33 Å². The summed E-state index contributed by atoms with van der Waals surface area (Å²) in [7, 11) is 0. The molecule has 3 heterocycles. The van der Waals surface area contributed by atoms with E-state index in [0.717, 1.165) is 0 Å². The van der Waals surface area contributed by atoms with Gasteiger partial charge in [-0.15, -0.1) is 0 Å². The number of hydrogen-bond donors (Lipinski definition) is 3. The molecule has 0 saturated heterocycles. The fraction of sp³-hybridized carbons (Fsp3) is 0.316. The molecule has 0 aliphatic rings. The van der Waals surface area contributed by atoms with Crippen molar-refractivity contribution in [2.24, 2.45) is 11.7 Å². The molecule has 140 valence electrons. The third-order valence-electron chi connectivity index (χ3n) is 4.21. The molecule has 0 bridgehead atoms. The van der Waals surface area contributed by atoms with Crippen molar-refractivity contribution in [2.45, 2.75) is 12.8 Å². The van der Waals surface area contributed by atoms with Crippen LogP contribution in [0.3, 0.4) is 0 Å². The van der Waals surface area contributed by atoms with E-state index in [0.29, 0.717) is 41.7 Å². The number of imidazole rings is 1. The summed E-state index contributed by atoms with van der Waals surface area (Å²) in [5.74, 6) is 5.42. The molecule has 0 fully saturated rings. The maximum Gasteiger partial charge on any atom is 0.207 e. The first kappa shape index (κ1) is 18.8. The third-order valence-corrected chi connectivity index (χ3v) is 4.21. The van der Waals surface area contributed by atoms with Crippen LogP contribution in [0.1, 0.15) is 17.7 Å². The summed E-state index contributed by atoms with van der Waals surface area (Å²) in [6, 6.07) is 3.40. The van der Waals surface area contributed by atoms with Crippen LogP contribution in [-0.2, 0) is 6.42 Å². The topological polar surface area (TPSA) is 119 Å². The summed E-state index contributed by atoms with van der Waals surface area (Å²) in [6.07, 6.45) is 7.36. The molecule has 1 atom stereocenters. The predicted molar refractivity (Wildman–Crippen MR) is 101 cm³/mol. The van der Waals surface area contributed by atoms with Crippen molar-refractivity contribution in [3.63, 3.8) is 0 Å². The molecule has 0 aliphatic heterocycles. The van der Waals surface area contributed by atoms with Gasteiger partial charge in [-0.25, -0.2) is 19.3 Å². The number of aromatic nitrogens is 4. The zero-order valence-corrected chi connectivity index (χ0v) is 14.7. The van der Waals surface area contributed by atoms with E-state index in [2.05, 4.69) is 21.8 Å². The van der Waals surface area contributed by atoms with Crippen molar-refractivity contribution in [3.8, 4) is 11.8 Å². The highest BCUT2D eigenvalue weighted by atomic mass is 16.3. The predicted octanol–water partition coefficient (Wildman–Crippen LogP) is -0.252. The fourth-order valence-corrected chi connectivity index (χ4v) is 2.90. The van der Waals surface area contributed by atoms with Gasteiger partial charge in [-0.3, -0.25) is 4.79 Å². The number of aliphatic hydroxyl groups is 2. The molecule has 4 N–H and O–H groups in total. The zero-order valence-electron chi connectivity index (χ0n) is 14.7. The average Bonchev–Trinajstić information content (AvgIpc) is 3.21. The van der Waals surface area contributed by atoms with E-state index in [4.69, 9.17) is 10.8 Å². The molecule has 3 aromatic rings. The highest BCUT2D eigenvalue weighted by Gasteiger charge is 2.17. The van der Waals surface area contributed by atoms with Gasteiger partial charge in [-0.2, -0.15) is 0 Å². The van der Waals surface area contributed by atoms with Crippen LogP contribution >= 0.6 is 0 Å². The SMILES string of the molecule is NCCc1c(C#C[C@@H](CO)CCO)c(=O)c2cccnc2n1-n1ccnc1. The molecule has 8 heteroatoms. The molecule has 27 heavy (non-hydrogen) atoms. The first-order valence-electron chi connectivity index (χ1n) is 8.65. The van der Waals surface area contributed by atoms with Gasteiger partial charge < -0.3 is 15.9 Å². The van der Waals surface area contributed by atoms with Crippen molar-refractivity contribution in [1.82, 2.24) is 19.3 Å². The van der Waals surface area contributed by atoms with Gasteiger partial charge in [0, 0.05) is 37.5 Å². The summed E-state index contributed by atoms with van der Waals surface area (Å²) in [6.45, 7) is 0.0440. The second kappa shape index (κ2) is 8.60. The lowest BCUT2D eigenvalue weighted by atomic mass is 10.0. The molecule has 0 unspecified atom stereocenters. The van der Waals surface area contributed by atoms with Gasteiger partial charge in [0.25, 0.3) is 0 Å². The molecule has 0 aromatic carbocycles. The molecular weight excluding hydrogens is 346 g/mol. The standard InChI is InChI=1S/C19H21N5O3/c20-7-5-17-15(4-3-14(12-26)6-11-25)18(27)16-2-1-8-22-19(16)24(17)23-10-9-21-13-23/h1-2,8-10,13-14,25-26H,5-7,11-12,20H2/t14-/m1/s1. The van der Waals surface area contributed by atoms with Crippen LogP contribution in [0.25, 0.3) is 11.0 Å². The van der Waals surface area contributed by atoms with E-state index in [1.807, 2.05) is 0 Å². The summed E-state index contributed by atoms with van der Waals surface area (Å²) in [4.78, 5) is 21.5. The van der Waals surface area contributed by atoms with Crippen LogP contribution in [0.2, 0.25) is 0 Å². The van der Waals surface area contributed by atoms with Gasteiger partial charge >= 0.3 is 0 Å². The minimum atomic E-state index is -0.411. The van der Waals surface area contributed by atoms with Gasteiger partial charge in [0.2, 0.25) is 5.43 Å². The lowest BCUT2D eigenvalue weighted by molar-refractivity contribution is 0.212. The maximum absolute atomic E-state index is 13.1. The van der Waals surface area contributed by atoms with Crippen LogP contribution in [-0.4, -0.2) is 49.3 Å². The largest absolute Gasteiger partial charge is 0.396 e. The van der Waals surface area contributed by atoms with Crippen molar-refractivity contribution in [1.29, 1.82) is 0 Å². The maximum atomic E-state index is 13.1. The number of aliphatic hydroxyl groups excluding tert-OH is 2. The molecule has 8 nitrogen and oxygen atoms in total. The van der Waals surface area contributed by atoms with Gasteiger partial charge in [0.15, 0.2) is 5.65 Å². The Kier molecular flexibility index (Phi) is 5.98. The van der Waals surface area contributed by atoms with E-state index < -0.39 is 5.92 Å². The normalized spacial score (nSPS) is 12.0. The summed E-state index contributed by atoms with van der Waals surface area (Å²) < 4.78 is 3.50. The molecule has 0 saturated carbocycles. The molecule has 0 spiro atoms. The lowest BCUT2D eigenvalue weighted by Crippen LogP contribution is -2.25. The van der Waals surface area contributed by atoms with Crippen LogP contribution in [0, 0.1) is 17.8 Å². The highest BCUT2D eigenvalue weighted by Crippen LogP contribution is 2.15. The molecule has 3 rings (SSSR count). The summed E-state index contributed by atoms with van der Waals surface area (Å²) in [5, 5.41) is 18.9. The Morgan fingerprint density at radius 3 is 2.81 bits per heavy atom. The molecule has 0 amide bonds. The van der Waals surface area contributed by atoms with Crippen LogP contribution < -0.4 is 11.2 Å². The Labute approximate surface area is 155 Å². The fourth-order valence-electron chi connectivity index (χ4n) is 2.90. The Morgan fingerprint density at radius 1 is 1.30 bits per heavy atom. The second-order valence-corrected chi connectivity index (χ2v) is 5.98. The monoisotopic (exact) mass is 367 g/mol. The first-order valence-corrected chi connectivity index (χ1v) is 8.65. The third kappa shape index (κ3) is 3.75. The Hall–Kier alpha value is -2.99. The number of hydrogen-bond acceptors (Lipinski definition) is 6. The smallest absolute Gasteiger partial charge is 0.207 e. The molecule has 0 radical (unpaired) electrons. The molecular formula is C19H21N5O3. The molecule has 3 aromatic heterocycles. The van der Waals surface area contributed by atoms with E-state index in [9.17, 15) is 9.90 Å². The lowest BCUT2D eigenvalue weighted by Gasteiger charge is -2.18. The minimum Gasteiger partial charge on any atom is -0.396 e. The molecule has 0 aliphatic carbocycles. The van der Waals surface area contributed by atoms with E-state index in [-0.39, 0.29) is 18.6 Å². The summed E-state index contributed by atoms with van der Waals surface area (Å²) >= 11 is 0. The van der Waals surface area contributed by atoms with Crippen LogP contribution in [0.15, 0.2) is 41.8 Å². The Bertz CT molecular complexity index is 1030. The van der Waals surface area contributed by atoms with Gasteiger partial charge in [-0.05, 0) is 25.1 Å². The second-order valence-electron chi connectivity index (χ2n) is 5.98. The number of pyridine rings is 2. The van der Waals surface area contributed by atoms with Gasteiger partial charge in [-0.1, -0.05) is 11.8 Å². The van der Waals surface area contributed by atoms with E-state index in [1.165, 1.54) is 0 Å². The minimum absolute atomic E-state index is 0.0868. The van der Waals surface area contributed by atoms with Crippen molar-refractivity contribution >= 4 is 11.0 Å². The number of nitrogens with two attached hydrogens (primary N) is 1.